The molecule has 3 nitrogen and oxygen atoms in total. The fraction of sp³-hybridized carbons (Fsp3) is 0.538. The zero-order valence-corrected chi connectivity index (χ0v) is 10.0. The van der Waals surface area contributed by atoms with Crippen molar-refractivity contribution < 1.29 is 0 Å². The van der Waals surface area contributed by atoms with Crippen LogP contribution in [0.4, 0.5) is 5.69 Å². The maximum atomic E-state index is 8.59. The fourth-order valence-electron chi connectivity index (χ4n) is 1.47. The Kier molecular flexibility index (Phi) is 5.35. The Labute approximate surface area is 97.5 Å². The highest BCUT2D eigenvalue weighted by atomic mass is 14.9. The number of unbranched alkanes of at least 4 members (excludes halogenated alkanes) is 1. The van der Waals surface area contributed by atoms with Gasteiger partial charge in [0.2, 0.25) is 0 Å². The number of nitrogens with one attached hydrogen (secondary N) is 1. The largest absolute Gasteiger partial charge is 0.384 e. The van der Waals surface area contributed by atoms with E-state index in [1.54, 1.807) is 12.3 Å². The van der Waals surface area contributed by atoms with E-state index in [4.69, 9.17) is 5.26 Å². The minimum Gasteiger partial charge on any atom is -0.384 e. The third-order valence-corrected chi connectivity index (χ3v) is 2.42. The molecule has 0 radical (unpaired) electrons. The van der Waals surface area contributed by atoms with Gasteiger partial charge in [0.05, 0.1) is 11.9 Å². The summed E-state index contributed by atoms with van der Waals surface area (Å²) in [7, 11) is 0. The number of nitriles is 1. The number of nitrogens with zero attached hydrogens (tertiary/aromatic N) is 2. The summed E-state index contributed by atoms with van der Waals surface area (Å²) in [5, 5.41) is 11.9. The minimum atomic E-state index is 0.463. The first-order chi connectivity index (χ1) is 7.72. The lowest BCUT2D eigenvalue weighted by atomic mass is 10.1. The first-order valence-corrected chi connectivity index (χ1v) is 5.82. The summed E-state index contributed by atoms with van der Waals surface area (Å²) < 4.78 is 0. The second kappa shape index (κ2) is 6.84. The molecule has 0 aliphatic heterocycles. The molecule has 3 heteroatoms. The van der Waals surface area contributed by atoms with Crippen LogP contribution in [0, 0.1) is 17.2 Å². The van der Waals surface area contributed by atoms with Gasteiger partial charge in [-0.05, 0) is 24.5 Å². The summed E-state index contributed by atoms with van der Waals surface area (Å²) >= 11 is 0. The Morgan fingerprint density at radius 3 is 2.75 bits per heavy atom. The molecule has 0 unspecified atom stereocenters. The van der Waals surface area contributed by atoms with Gasteiger partial charge >= 0.3 is 0 Å². The highest BCUT2D eigenvalue weighted by Gasteiger charge is 1.96. The van der Waals surface area contributed by atoms with Crippen molar-refractivity contribution >= 4 is 5.69 Å². The molecule has 0 bridgehead atoms. The highest BCUT2D eigenvalue weighted by molar-refractivity contribution is 5.42. The van der Waals surface area contributed by atoms with Gasteiger partial charge in [-0.25, -0.2) is 4.98 Å². The molecule has 0 amide bonds. The van der Waals surface area contributed by atoms with Crippen LogP contribution in [-0.4, -0.2) is 11.5 Å². The molecular weight excluding hydrogens is 198 g/mol. The zero-order chi connectivity index (χ0) is 11.8. The summed E-state index contributed by atoms with van der Waals surface area (Å²) in [6.45, 7) is 5.47. The minimum absolute atomic E-state index is 0.463. The summed E-state index contributed by atoms with van der Waals surface area (Å²) in [5.41, 5.74) is 1.45. The van der Waals surface area contributed by atoms with Gasteiger partial charge < -0.3 is 5.32 Å². The number of rotatable bonds is 6. The van der Waals surface area contributed by atoms with Gasteiger partial charge in [0.15, 0.2) is 0 Å². The van der Waals surface area contributed by atoms with Crippen LogP contribution in [0.1, 0.15) is 38.8 Å². The van der Waals surface area contributed by atoms with E-state index in [2.05, 4.69) is 24.1 Å². The number of hydrogen-bond donors (Lipinski definition) is 1. The van der Waals surface area contributed by atoms with Crippen molar-refractivity contribution in [1.29, 1.82) is 5.26 Å². The van der Waals surface area contributed by atoms with Crippen molar-refractivity contribution in [2.75, 3.05) is 11.9 Å². The summed E-state index contributed by atoms with van der Waals surface area (Å²) in [5.74, 6) is 0.788. The van der Waals surface area contributed by atoms with E-state index in [-0.39, 0.29) is 0 Å². The second-order valence-corrected chi connectivity index (χ2v) is 4.36. The molecule has 0 saturated heterocycles. The van der Waals surface area contributed by atoms with Crippen LogP contribution >= 0.6 is 0 Å². The van der Waals surface area contributed by atoms with Crippen LogP contribution in [0.15, 0.2) is 18.3 Å². The fourth-order valence-corrected chi connectivity index (χ4v) is 1.47. The summed E-state index contributed by atoms with van der Waals surface area (Å²) in [6, 6.07) is 5.63. The Morgan fingerprint density at radius 1 is 1.38 bits per heavy atom. The molecule has 1 aromatic rings. The molecule has 86 valence electrons. The monoisotopic (exact) mass is 217 g/mol. The van der Waals surface area contributed by atoms with E-state index in [1.165, 1.54) is 19.3 Å². The average Bonchev–Trinajstić information content (AvgIpc) is 2.29. The van der Waals surface area contributed by atoms with Crippen molar-refractivity contribution in [1.82, 2.24) is 4.98 Å². The molecule has 0 fully saturated rings. The number of aromatic nitrogens is 1. The molecule has 1 aromatic heterocycles. The molecule has 0 aromatic carbocycles. The van der Waals surface area contributed by atoms with Crippen molar-refractivity contribution in [3.63, 3.8) is 0 Å². The molecule has 0 spiro atoms. The Balaban J connectivity index is 2.20. The lowest BCUT2D eigenvalue weighted by Gasteiger charge is -2.07. The van der Waals surface area contributed by atoms with Crippen LogP contribution < -0.4 is 5.32 Å². The van der Waals surface area contributed by atoms with E-state index < -0.39 is 0 Å². The van der Waals surface area contributed by atoms with Gasteiger partial charge in [-0.1, -0.05) is 26.7 Å². The molecule has 0 aliphatic carbocycles. The van der Waals surface area contributed by atoms with Crippen molar-refractivity contribution in [2.45, 2.75) is 33.1 Å². The maximum absolute atomic E-state index is 8.59. The van der Waals surface area contributed by atoms with Crippen molar-refractivity contribution in [2.24, 2.45) is 5.92 Å². The van der Waals surface area contributed by atoms with E-state index in [0.29, 0.717) is 5.69 Å². The maximum Gasteiger partial charge on any atom is 0.140 e. The van der Waals surface area contributed by atoms with Gasteiger partial charge in [0.25, 0.3) is 0 Å². The van der Waals surface area contributed by atoms with Crippen LogP contribution in [0.3, 0.4) is 0 Å². The lowest BCUT2D eigenvalue weighted by Crippen LogP contribution is -2.02. The first kappa shape index (κ1) is 12.5. The van der Waals surface area contributed by atoms with Crippen molar-refractivity contribution in [3.8, 4) is 6.07 Å². The highest BCUT2D eigenvalue weighted by Crippen LogP contribution is 2.08. The smallest absolute Gasteiger partial charge is 0.140 e. The Bertz CT molecular complexity index is 335. The van der Waals surface area contributed by atoms with Crippen LogP contribution in [0.2, 0.25) is 0 Å². The molecule has 1 heterocycles. The standard InChI is InChI=1S/C13H19N3/c1-11(2)5-3-4-8-15-13-7-6-12(9-14)16-10-13/h6-7,10-11,15H,3-5,8H2,1-2H3. The molecule has 0 saturated carbocycles. The van der Waals surface area contributed by atoms with E-state index >= 15 is 0 Å². The normalized spacial score (nSPS) is 10.1. The van der Waals surface area contributed by atoms with Gasteiger partial charge in [-0.2, -0.15) is 5.26 Å². The van der Waals surface area contributed by atoms with Gasteiger partial charge in [0.1, 0.15) is 11.8 Å². The quantitative estimate of drug-likeness (QED) is 0.744. The molecule has 1 rings (SSSR count). The molecular formula is C13H19N3. The molecule has 16 heavy (non-hydrogen) atoms. The van der Waals surface area contributed by atoms with Gasteiger partial charge in [-0.3, -0.25) is 0 Å². The van der Waals surface area contributed by atoms with Crippen LogP contribution in [0.25, 0.3) is 0 Å². The van der Waals surface area contributed by atoms with E-state index in [0.717, 1.165) is 18.2 Å². The topological polar surface area (TPSA) is 48.7 Å². The number of pyridine rings is 1. The number of anilines is 1. The van der Waals surface area contributed by atoms with Crippen molar-refractivity contribution in [3.05, 3.63) is 24.0 Å². The Hall–Kier alpha value is -1.56. The lowest BCUT2D eigenvalue weighted by molar-refractivity contribution is 0.545. The molecule has 0 aliphatic rings. The van der Waals surface area contributed by atoms with E-state index in [1.807, 2.05) is 12.1 Å². The van der Waals surface area contributed by atoms with Gasteiger partial charge in [-0.15, -0.1) is 0 Å². The SMILES string of the molecule is CC(C)CCCCNc1ccc(C#N)nc1. The zero-order valence-electron chi connectivity index (χ0n) is 10.0. The summed E-state index contributed by atoms with van der Waals surface area (Å²) in [4.78, 5) is 4.00. The van der Waals surface area contributed by atoms with E-state index in [9.17, 15) is 0 Å². The second-order valence-electron chi connectivity index (χ2n) is 4.36. The van der Waals surface area contributed by atoms with Gasteiger partial charge in [0, 0.05) is 6.54 Å². The Morgan fingerprint density at radius 2 is 2.19 bits per heavy atom. The molecule has 1 N–H and O–H groups in total. The van der Waals surface area contributed by atoms with Crippen LogP contribution in [0.5, 0.6) is 0 Å². The third-order valence-electron chi connectivity index (χ3n) is 2.42. The molecule has 0 atom stereocenters. The van der Waals surface area contributed by atoms with Crippen LogP contribution in [-0.2, 0) is 0 Å². The third kappa shape index (κ3) is 4.79. The predicted octanol–water partition coefficient (Wildman–Crippen LogP) is 3.19. The first-order valence-electron chi connectivity index (χ1n) is 5.82. The summed E-state index contributed by atoms with van der Waals surface area (Å²) in [6.07, 6.45) is 5.43. The number of hydrogen-bond acceptors (Lipinski definition) is 3. The predicted molar refractivity (Wildman–Crippen MR) is 66.1 cm³/mol. The average molecular weight is 217 g/mol.